The lowest BCUT2D eigenvalue weighted by Gasteiger charge is -2.38. The first-order chi connectivity index (χ1) is 8.21. The number of rotatable bonds is 3. The molecule has 0 aliphatic heterocycles. The van der Waals surface area contributed by atoms with Crippen molar-refractivity contribution in [2.24, 2.45) is 5.73 Å². The van der Waals surface area contributed by atoms with E-state index in [1.54, 1.807) is 0 Å². The fourth-order valence-corrected chi connectivity index (χ4v) is 3.25. The fraction of sp³-hybridized carbons (Fsp3) is 0.571. The van der Waals surface area contributed by atoms with Gasteiger partial charge in [-0.15, -0.1) is 0 Å². The molecule has 3 rings (SSSR count). The molecule has 1 aromatic carbocycles. The van der Waals surface area contributed by atoms with E-state index < -0.39 is 0 Å². The van der Waals surface area contributed by atoms with Gasteiger partial charge in [0.1, 0.15) is 0 Å². The van der Waals surface area contributed by atoms with Gasteiger partial charge >= 0.3 is 0 Å². The Balaban J connectivity index is 1.84. The van der Waals surface area contributed by atoms with Crippen LogP contribution in [0.25, 0.3) is 0 Å². The molecule has 0 heterocycles. The van der Waals surface area contributed by atoms with E-state index in [0.29, 0.717) is 0 Å². The number of fused-ring (bicyclic) bond motifs is 1. The molecule has 0 spiro atoms. The molecular weight excluding hydrogens is 276 g/mol. The number of hydrogen-bond acceptors (Lipinski definition) is 2. The maximum Gasteiger partial charge on any atom is 0.0350 e. The molecule has 17 heavy (non-hydrogen) atoms. The van der Waals surface area contributed by atoms with Gasteiger partial charge in [0, 0.05) is 22.6 Å². The molecule has 2 aliphatic carbocycles. The predicted molar refractivity (Wildman–Crippen MR) is 74.1 cm³/mol. The first kappa shape index (κ1) is 11.7. The summed E-state index contributed by atoms with van der Waals surface area (Å²) >= 11 is 3.55. The molecule has 3 N–H and O–H groups in total. The molecule has 1 unspecified atom stereocenters. The molecule has 3 heteroatoms. The molecule has 92 valence electrons. The third kappa shape index (κ3) is 2.42. The van der Waals surface area contributed by atoms with Crippen LogP contribution in [0.15, 0.2) is 22.7 Å². The van der Waals surface area contributed by atoms with Crippen molar-refractivity contribution in [3.05, 3.63) is 33.8 Å². The molecule has 1 aromatic rings. The molecule has 1 fully saturated rings. The van der Waals surface area contributed by atoms with Crippen LogP contribution in [0.1, 0.15) is 30.4 Å². The summed E-state index contributed by atoms with van der Waals surface area (Å²) < 4.78 is 1.19. The van der Waals surface area contributed by atoms with E-state index in [9.17, 15) is 0 Å². The van der Waals surface area contributed by atoms with Gasteiger partial charge in [0.05, 0.1) is 0 Å². The Bertz CT molecular complexity index is 428. The Morgan fingerprint density at radius 3 is 2.88 bits per heavy atom. The molecule has 0 amide bonds. The third-order valence-corrected chi connectivity index (χ3v) is 4.54. The van der Waals surface area contributed by atoms with Gasteiger partial charge in [-0.3, -0.25) is 0 Å². The standard InChI is InChI=1S/C14H19BrN2/c15-12-2-1-11-8-14(9-16,17-13-3-4-13)6-5-10(11)7-12/h1-2,7,13,17H,3-6,8-9,16H2. The van der Waals surface area contributed by atoms with Crippen LogP contribution in [0.3, 0.4) is 0 Å². The monoisotopic (exact) mass is 294 g/mol. The molecule has 0 radical (unpaired) electrons. The Labute approximate surface area is 111 Å². The summed E-state index contributed by atoms with van der Waals surface area (Å²) in [6, 6.07) is 7.38. The highest BCUT2D eigenvalue weighted by Gasteiger charge is 2.37. The van der Waals surface area contributed by atoms with Crippen molar-refractivity contribution in [3.8, 4) is 0 Å². The van der Waals surface area contributed by atoms with Crippen molar-refractivity contribution in [3.63, 3.8) is 0 Å². The molecule has 2 nitrogen and oxygen atoms in total. The molecule has 1 saturated carbocycles. The number of hydrogen-bond donors (Lipinski definition) is 2. The zero-order chi connectivity index (χ0) is 11.9. The largest absolute Gasteiger partial charge is 0.329 e. The average Bonchev–Trinajstić information content (AvgIpc) is 3.13. The van der Waals surface area contributed by atoms with E-state index in [4.69, 9.17) is 5.73 Å². The lowest BCUT2D eigenvalue weighted by atomic mass is 9.78. The minimum Gasteiger partial charge on any atom is -0.329 e. The number of halogens is 1. The van der Waals surface area contributed by atoms with E-state index >= 15 is 0 Å². The quantitative estimate of drug-likeness (QED) is 0.898. The summed E-state index contributed by atoms with van der Waals surface area (Å²) in [5.41, 5.74) is 9.14. The average molecular weight is 295 g/mol. The molecule has 0 aromatic heterocycles. The first-order valence-corrected chi connectivity index (χ1v) is 7.25. The Hall–Kier alpha value is -0.380. The highest BCUT2D eigenvalue weighted by atomic mass is 79.9. The number of nitrogens with one attached hydrogen (secondary N) is 1. The minimum atomic E-state index is 0.155. The van der Waals surface area contributed by atoms with Gasteiger partial charge in [0.2, 0.25) is 0 Å². The van der Waals surface area contributed by atoms with Gasteiger partial charge in [-0.2, -0.15) is 0 Å². The van der Waals surface area contributed by atoms with Crippen molar-refractivity contribution in [2.75, 3.05) is 6.54 Å². The first-order valence-electron chi connectivity index (χ1n) is 6.46. The van der Waals surface area contributed by atoms with Crippen molar-refractivity contribution >= 4 is 15.9 Å². The normalized spacial score (nSPS) is 27.9. The van der Waals surface area contributed by atoms with E-state index in [-0.39, 0.29) is 5.54 Å². The second-order valence-electron chi connectivity index (χ2n) is 5.49. The Morgan fingerprint density at radius 2 is 2.18 bits per heavy atom. The molecule has 0 saturated heterocycles. The van der Waals surface area contributed by atoms with E-state index in [2.05, 4.69) is 39.4 Å². The topological polar surface area (TPSA) is 38.0 Å². The summed E-state index contributed by atoms with van der Waals surface area (Å²) in [7, 11) is 0. The van der Waals surface area contributed by atoms with Crippen molar-refractivity contribution in [1.29, 1.82) is 0 Å². The molecule has 2 aliphatic rings. The second-order valence-corrected chi connectivity index (χ2v) is 6.41. The van der Waals surface area contributed by atoms with Crippen LogP contribution in [0, 0.1) is 0 Å². The number of benzene rings is 1. The minimum absolute atomic E-state index is 0.155. The summed E-state index contributed by atoms with van der Waals surface area (Å²) in [4.78, 5) is 0. The van der Waals surface area contributed by atoms with Gasteiger partial charge in [0.15, 0.2) is 0 Å². The van der Waals surface area contributed by atoms with Crippen LogP contribution in [-0.2, 0) is 12.8 Å². The predicted octanol–water partition coefficient (Wildman–Crippen LogP) is 2.39. The van der Waals surface area contributed by atoms with Gasteiger partial charge in [0.25, 0.3) is 0 Å². The lowest BCUT2D eigenvalue weighted by Crippen LogP contribution is -2.55. The maximum atomic E-state index is 6.03. The van der Waals surface area contributed by atoms with Gasteiger partial charge in [-0.1, -0.05) is 22.0 Å². The van der Waals surface area contributed by atoms with E-state index in [1.807, 2.05) is 0 Å². The summed E-state index contributed by atoms with van der Waals surface area (Å²) in [6.45, 7) is 0.749. The summed E-state index contributed by atoms with van der Waals surface area (Å²) in [5, 5.41) is 3.77. The maximum absolute atomic E-state index is 6.03. The smallest absolute Gasteiger partial charge is 0.0350 e. The Morgan fingerprint density at radius 1 is 1.35 bits per heavy atom. The van der Waals surface area contributed by atoms with Crippen molar-refractivity contribution < 1.29 is 0 Å². The van der Waals surface area contributed by atoms with Gasteiger partial charge in [-0.05, 0) is 55.4 Å². The van der Waals surface area contributed by atoms with Crippen LogP contribution < -0.4 is 11.1 Å². The zero-order valence-electron chi connectivity index (χ0n) is 10.0. The van der Waals surface area contributed by atoms with E-state index in [1.165, 1.54) is 34.9 Å². The molecular formula is C14H19BrN2. The number of aryl methyl sites for hydroxylation is 1. The second kappa shape index (κ2) is 4.38. The molecule has 0 bridgehead atoms. The van der Waals surface area contributed by atoms with Gasteiger partial charge in [-0.25, -0.2) is 0 Å². The summed E-state index contributed by atoms with van der Waals surface area (Å²) in [5.74, 6) is 0. The van der Waals surface area contributed by atoms with Crippen LogP contribution in [0.4, 0.5) is 0 Å². The fourth-order valence-electron chi connectivity index (χ4n) is 2.84. The van der Waals surface area contributed by atoms with Crippen LogP contribution in [0.2, 0.25) is 0 Å². The SMILES string of the molecule is NCC1(NC2CC2)CCc2cc(Br)ccc2C1. The third-order valence-electron chi connectivity index (χ3n) is 4.05. The highest BCUT2D eigenvalue weighted by molar-refractivity contribution is 9.10. The van der Waals surface area contributed by atoms with Crippen molar-refractivity contribution in [2.45, 2.75) is 43.7 Å². The van der Waals surface area contributed by atoms with Crippen LogP contribution in [-0.4, -0.2) is 18.1 Å². The molecule has 1 atom stereocenters. The van der Waals surface area contributed by atoms with Crippen molar-refractivity contribution in [1.82, 2.24) is 5.32 Å². The number of nitrogens with two attached hydrogens (primary N) is 1. The lowest BCUT2D eigenvalue weighted by molar-refractivity contribution is 0.290. The van der Waals surface area contributed by atoms with Crippen LogP contribution in [0.5, 0.6) is 0 Å². The van der Waals surface area contributed by atoms with E-state index in [0.717, 1.165) is 25.4 Å². The van der Waals surface area contributed by atoms with Crippen LogP contribution >= 0.6 is 15.9 Å². The zero-order valence-corrected chi connectivity index (χ0v) is 11.6. The summed E-state index contributed by atoms with van der Waals surface area (Å²) in [6.07, 6.45) is 6.06. The highest BCUT2D eigenvalue weighted by Crippen LogP contribution is 2.33. The Kier molecular flexibility index (Phi) is 3.01. The van der Waals surface area contributed by atoms with Gasteiger partial charge < -0.3 is 11.1 Å².